The molecule has 0 spiro atoms. The molecule has 96 valence electrons. The fraction of sp³-hybridized carbons (Fsp3) is 0.667. The van der Waals surface area contributed by atoms with Crippen LogP contribution < -0.4 is 11.1 Å². The number of rotatable bonds is 6. The van der Waals surface area contributed by atoms with Crippen molar-refractivity contribution in [3.05, 3.63) is 12.7 Å². The van der Waals surface area contributed by atoms with E-state index in [1.54, 1.807) is 0 Å². The van der Waals surface area contributed by atoms with Gasteiger partial charge in [0.1, 0.15) is 6.04 Å². The SMILES string of the molecule is C=CCC(NC(=O)C1(CN)CCCC1)C(=O)O. The van der Waals surface area contributed by atoms with E-state index in [0.717, 1.165) is 25.7 Å². The standard InChI is InChI=1S/C12H20N2O3/c1-2-5-9(10(15)16)14-11(17)12(8-13)6-3-4-7-12/h2,9H,1,3-8,13H2,(H,14,17)(H,15,16). The summed E-state index contributed by atoms with van der Waals surface area (Å²) in [5.74, 6) is -1.27. The highest BCUT2D eigenvalue weighted by Crippen LogP contribution is 2.37. The second kappa shape index (κ2) is 5.82. The average Bonchev–Trinajstić information content (AvgIpc) is 2.78. The molecule has 0 aromatic rings. The highest BCUT2D eigenvalue weighted by atomic mass is 16.4. The molecule has 1 rings (SSSR count). The fourth-order valence-electron chi connectivity index (χ4n) is 2.28. The Labute approximate surface area is 101 Å². The first-order valence-electron chi connectivity index (χ1n) is 5.90. The minimum Gasteiger partial charge on any atom is -0.480 e. The summed E-state index contributed by atoms with van der Waals surface area (Å²) >= 11 is 0. The van der Waals surface area contributed by atoms with Gasteiger partial charge in [-0.25, -0.2) is 4.79 Å². The summed E-state index contributed by atoms with van der Waals surface area (Å²) < 4.78 is 0. The van der Waals surface area contributed by atoms with Crippen molar-refractivity contribution < 1.29 is 14.7 Å². The highest BCUT2D eigenvalue weighted by molar-refractivity contribution is 5.87. The van der Waals surface area contributed by atoms with Crippen LogP contribution in [0.5, 0.6) is 0 Å². The minimum absolute atomic E-state index is 0.224. The zero-order chi connectivity index (χ0) is 12.9. The van der Waals surface area contributed by atoms with E-state index in [-0.39, 0.29) is 18.9 Å². The summed E-state index contributed by atoms with van der Waals surface area (Å²) in [4.78, 5) is 23.0. The first kappa shape index (κ1) is 13.7. The molecule has 1 aliphatic carbocycles. The smallest absolute Gasteiger partial charge is 0.326 e. The second-order valence-corrected chi connectivity index (χ2v) is 4.58. The van der Waals surface area contributed by atoms with Crippen LogP contribution in [0.25, 0.3) is 0 Å². The van der Waals surface area contributed by atoms with Crippen molar-refractivity contribution in [1.29, 1.82) is 0 Å². The van der Waals surface area contributed by atoms with Gasteiger partial charge in [0.25, 0.3) is 0 Å². The van der Waals surface area contributed by atoms with Gasteiger partial charge in [0, 0.05) is 6.54 Å². The average molecular weight is 240 g/mol. The summed E-state index contributed by atoms with van der Waals surface area (Å²) in [5, 5.41) is 11.5. The number of carbonyl (C=O) groups excluding carboxylic acids is 1. The van der Waals surface area contributed by atoms with E-state index in [9.17, 15) is 9.59 Å². The first-order valence-corrected chi connectivity index (χ1v) is 5.90. The van der Waals surface area contributed by atoms with E-state index >= 15 is 0 Å². The number of nitrogens with one attached hydrogen (secondary N) is 1. The lowest BCUT2D eigenvalue weighted by atomic mass is 9.85. The van der Waals surface area contributed by atoms with Crippen LogP contribution in [-0.4, -0.2) is 29.6 Å². The molecule has 1 unspecified atom stereocenters. The topological polar surface area (TPSA) is 92.4 Å². The lowest BCUT2D eigenvalue weighted by molar-refractivity contribution is -0.143. The van der Waals surface area contributed by atoms with Gasteiger partial charge in [0.05, 0.1) is 5.41 Å². The predicted molar refractivity (Wildman–Crippen MR) is 64.3 cm³/mol. The molecule has 1 fully saturated rings. The van der Waals surface area contributed by atoms with Crippen LogP contribution in [0.1, 0.15) is 32.1 Å². The van der Waals surface area contributed by atoms with Gasteiger partial charge in [0.2, 0.25) is 5.91 Å². The van der Waals surface area contributed by atoms with Crippen LogP contribution in [0.3, 0.4) is 0 Å². The molecular weight excluding hydrogens is 220 g/mol. The Hall–Kier alpha value is -1.36. The molecule has 17 heavy (non-hydrogen) atoms. The van der Waals surface area contributed by atoms with Gasteiger partial charge >= 0.3 is 5.97 Å². The van der Waals surface area contributed by atoms with Crippen molar-refractivity contribution in [2.45, 2.75) is 38.1 Å². The summed E-state index contributed by atoms with van der Waals surface area (Å²) in [5.41, 5.74) is 5.11. The van der Waals surface area contributed by atoms with Gasteiger partial charge in [-0.2, -0.15) is 0 Å². The third kappa shape index (κ3) is 3.06. The van der Waals surface area contributed by atoms with Gasteiger partial charge in [-0.1, -0.05) is 18.9 Å². The number of carbonyl (C=O) groups is 2. The molecule has 4 N–H and O–H groups in total. The van der Waals surface area contributed by atoms with Gasteiger partial charge in [-0.05, 0) is 19.3 Å². The predicted octanol–water partition coefficient (Wildman–Crippen LogP) is 0.651. The van der Waals surface area contributed by atoms with Crippen molar-refractivity contribution in [2.75, 3.05) is 6.54 Å². The Bertz CT molecular complexity index is 309. The van der Waals surface area contributed by atoms with E-state index in [0.29, 0.717) is 0 Å². The van der Waals surface area contributed by atoms with Crippen molar-refractivity contribution >= 4 is 11.9 Å². The molecule has 1 aliphatic rings. The lowest BCUT2D eigenvalue weighted by Gasteiger charge is -2.27. The molecule has 0 saturated heterocycles. The van der Waals surface area contributed by atoms with Crippen LogP contribution in [0, 0.1) is 5.41 Å². The zero-order valence-corrected chi connectivity index (χ0v) is 9.95. The van der Waals surface area contributed by atoms with E-state index < -0.39 is 17.4 Å². The Kier molecular flexibility index (Phi) is 4.69. The monoisotopic (exact) mass is 240 g/mol. The summed E-state index contributed by atoms with van der Waals surface area (Å²) in [6, 6.07) is -0.899. The molecule has 0 radical (unpaired) electrons. The van der Waals surface area contributed by atoms with Crippen LogP contribution in [-0.2, 0) is 9.59 Å². The maximum Gasteiger partial charge on any atom is 0.326 e. The van der Waals surface area contributed by atoms with Crippen molar-refractivity contribution in [3.63, 3.8) is 0 Å². The Morgan fingerprint density at radius 2 is 2.06 bits per heavy atom. The molecule has 1 saturated carbocycles. The number of amides is 1. The van der Waals surface area contributed by atoms with Crippen molar-refractivity contribution in [1.82, 2.24) is 5.32 Å². The minimum atomic E-state index is -1.04. The Morgan fingerprint density at radius 3 is 2.47 bits per heavy atom. The maximum atomic E-state index is 12.1. The van der Waals surface area contributed by atoms with Crippen LogP contribution >= 0.6 is 0 Å². The number of hydrogen-bond donors (Lipinski definition) is 3. The van der Waals surface area contributed by atoms with Gasteiger partial charge in [-0.3, -0.25) is 4.79 Å². The number of nitrogens with two attached hydrogens (primary N) is 1. The van der Waals surface area contributed by atoms with Gasteiger partial charge in [0.15, 0.2) is 0 Å². The van der Waals surface area contributed by atoms with Crippen molar-refractivity contribution in [2.24, 2.45) is 11.1 Å². The second-order valence-electron chi connectivity index (χ2n) is 4.58. The van der Waals surface area contributed by atoms with Crippen molar-refractivity contribution in [3.8, 4) is 0 Å². The summed E-state index contributed by atoms with van der Waals surface area (Å²) in [7, 11) is 0. The van der Waals surface area contributed by atoms with E-state index in [2.05, 4.69) is 11.9 Å². The van der Waals surface area contributed by atoms with Crippen LogP contribution in [0.2, 0.25) is 0 Å². The molecule has 0 aromatic heterocycles. The molecule has 0 aliphatic heterocycles. The maximum absolute atomic E-state index is 12.1. The van der Waals surface area contributed by atoms with E-state index in [1.807, 2.05) is 0 Å². The van der Waals surface area contributed by atoms with Gasteiger partial charge < -0.3 is 16.2 Å². The summed E-state index contributed by atoms with van der Waals surface area (Å²) in [6.45, 7) is 3.76. The molecular formula is C12H20N2O3. The third-order valence-electron chi connectivity index (χ3n) is 3.44. The van der Waals surface area contributed by atoms with E-state index in [1.165, 1.54) is 6.08 Å². The summed E-state index contributed by atoms with van der Waals surface area (Å²) in [6.07, 6.45) is 5.16. The molecule has 1 atom stereocenters. The number of aliphatic carboxylic acids is 1. The van der Waals surface area contributed by atoms with Crippen LogP contribution in [0.4, 0.5) is 0 Å². The highest BCUT2D eigenvalue weighted by Gasteiger charge is 2.40. The lowest BCUT2D eigenvalue weighted by Crippen LogP contribution is -2.50. The Balaban J connectivity index is 2.68. The number of carboxylic acid groups (broad SMARTS) is 1. The molecule has 5 nitrogen and oxygen atoms in total. The molecule has 0 bridgehead atoms. The largest absolute Gasteiger partial charge is 0.480 e. The third-order valence-corrected chi connectivity index (χ3v) is 3.44. The molecule has 1 amide bonds. The zero-order valence-electron chi connectivity index (χ0n) is 9.95. The molecule has 0 aromatic carbocycles. The molecule has 0 heterocycles. The van der Waals surface area contributed by atoms with Crippen LogP contribution in [0.15, 0.2) is 12.7 Å². The number of carboxylic acids is 1. The molecule has 5 heteroatoms. The normalized spacial score (nSPS) is 19.6. The van der Waals surface area contributed by atoms with E-state index in [4.69, 9.17) is 10.8 Å². The number of hydrogen-bond acceptors (Lipinski definition) is 3. The van der Waals surface area contributed by atoms with Gasteiger partial charge in [-0.15, -0.1) is 6.58 Å². The quantitative estimate of drug-likeness (QED) is 0.594. The Morgan fingerprint density at radius 1 is 1.47 bits per heavy atom. The first-order chi connectivity index (χ1) is 8.05. The fourth-order valence-corrected chi connectivity index (χ4v) is 2.28.